The van der Waals surface area contributed by atoms with Gasteiger partial charge in [-0.2, -0.15) is 0 Å². The van der Waals surface area contributed by atoms with Crippen LogP contribution in [0.1, 0.15) is 31.9 Å². The second-order valence-electron chi connectivity index (χ2n) is 6.69. The molecule has 7 nitrogen and oxygen atoms in total. The smallest absolute Gasteiger partial charge is 0.317 e. The average Bonchev–Trinajstić information content (AvgIpc) is 2.63. The predicted octanol–water partition coefficient (Wildman–Crippen LogP) is 2.25. The Labute approximate surface area is 164 Å². The minimum Gasteiger partial charge on any atom is -0.493 e. The van der Waals surface area contributed by atoms with E-state index in [1.54, 1.807) is 21.1 Å². The Morgan fingerprint density at radius 1 is 1.41 bits per heavy atom. The molecule has 0 radical (unpaired) electrons. The highest BCUT2D eigenvalue weighted by molar-refractivity contribution is 7.80. The molecule has 0 spiro atoms. The lowest BCUT2D eigenvalue weighted by Crippen LogP contribution is -2.71. The number of hydrogen-bond donors (Lipinski definition) is 1. The molecule has 0 aliphatic carbocycles. The second-order valence-corrected chi connectivity index (χ2v) is 7.08. The summed E-state index contributed by atoms with van der Waals surface area (Å²) in [6.07, 6.45) is 0.746. The number of fused-ring (bicyclic) bond motifs is 4. The number of thiocarbonyl (C=S) groups is 1. The average molecular weight is 394 g/mol. The van der Waals surface area contributed by atoms with Gasteiger partial charge >= 0.3 is 5.97 Å². The molecule has 1 N–H and O–H groups in total. The molecule has 1 aromatic rings. The van der Waals surface area contributed by atoms with Crippen molar-refractivity contribution < 1.29 is 23.7 Å². The van der Waals surface area contributed by atoms with Crippen LogP contribution in [0.5, 0.6) is 11.5 Å². The lowest BCUT2D eigenvalue weighted by molar-refractivity contribution is -0.175. The molecule has 0 unspecified atom stereocenters. The fourth-order valence-electron chi connectivity index (χ4n) is 3.88. The predicted molar refractivity (Wildman–Crippen MR) is 104 cm³/mol. The fraction of sp³-hybridized carbons (Fsp3) is 0.579. The monoisotopic (exact) mass is 394 g/mol. The summed E-state index contributed by atoms with van der Waals surface area (Å²) < 4.78 is 22.5. The summed E-state index contributed by atoms with van der Waals surface area (Å²) >= 11 is 5.61. The zero-order valence-electron chi connectivity index (χ0n) is 16.1. The SMILES string of the molecule is CCOC(=O)[C@H]1[C@H]2NC(=S)N(CCCOC)[C@@]1(C)Oc1c(OC)cccc12. The number of ether oxygens (including phenoxy) is 4. The van der Waals surface area contributed by atoms with Gasteiger partial charge in [0, 0.05) is 25.8 Å². The van der Waals surface area contributed by atoms with Gasteiger partial charge in [-0.15, -0.1) is 0 Å². The van der Waals surface area contributed by atoms with E-state index in [1.165, 1.54) is 0 Å². The van der Waals surface area contributed by atoms with Gasteiger partial charge in [0.05, 0.1) is 19.8 Å². The largest absolute Gasteiger partial charge is 0.493 e. The topological polar surface area (TPSA) is 69.3 Å². The number of methoxy groups -OCH3 is 2. The van der Waals surface area contributed by atoms with Gasteiger partial charge < -0.3 is 29.2 Å². The Hall–Kier alpha value is -2.06. The number of rotatable bonds is 7. The first-order chi connectivity index (χ1) is 13.0. The van der Waals surface area contributed by atoms with E-state index in [-0.39, 0.29) is 12.0 Å². The standard InChI is InChI=1S/C19H26N2O5S/c1-5-25-17(22)14-15-12-8-6-9-13(24-4)16(12)26-19(14,2)21(18(27)20-15)10-7-11-23-3/h6,8-9,14-15H,5,7,10-11H2,1-4H3,(H,20,27)/t14-,15+,19+/m1/s1. The summed E-state index contributed by atoms with van der Waals surface area (Å²) in [7, 11) is 3.26. The van der Waals surface area contributed by atoms with E-state index in [1.807, 2.05) is 30.0 Å². The van der Waals surface area contributed by atoms with Crippen LogP contribution < -0.4 is 14.8 Å². The zero-order valence-corrected chi connectivity index (χ0v) is 16.9. The lowest BCUT2D eigenvalue weighted by Gasteiger charge is -2.55. The summed E-state index contributed by atoms with van der Waals surface area (Å²) in [4.78, 5) is 14.8. The first kappa shape index (κ1) is 19.7. The van der Waals surface area contributed by atoms with Crippen molar-refractivity contribution in [2.75, 3.05) is 34.0 Å². The van der Waals surface area contributed by atoms with E-state index in [4.69, 9.17) is 31.2 Å². The molecule has 27 heavy (non-hydrogen) atoms. The van der Waals surface area contributed by atoms with Crippen LogP contribution in [0, 0.1) is 5.92 Å². The second kappa shape index (κ2) is 7.90. The van der Waals surface area contributed by atoms with Crippen LogP contribution in [-0.2, 0) is 14.3 Å². The number of nitrogens with zero attached hydrogens (tertiary/aromatic N) is 1. The number of hydrogen-bond acceptors (Lipinski definition) is 6. The van der Waals surface area contributed by atoms with Gasteiger partial charge in [0.2, 0.25) is 0 Å². The molecule has 148 valence electrons. The molecule has 1 saturated heterocycles. The third kappa shape index (κ3) is 3.32. The van der Waals surface area contributed by atoms with E-state index in [9.17, 15) is 4.79 Å². The molecule has 2 bridgehead atoms. The number of nitrogens with one attached hydrogen (secondary N) is 1. The van der Waals surface area contributed by atoms with Crippen molar-refractivity contribution in [3.63, 3.8) is 0 Å². The quantitative estimate of drug-likeness (QED) is 0.429. The summed E-state index contributed by atoms with van der Waals surface area (Å²) in [5.41, 5.74) is -0.155. The van der Waals surface area contributed by atoms with Crippen molar-refractivity contribution in [1.82, 2.24) is 10.2 Å². The van der Waals surface area contributed by atoms with Crippen LogP contribution in [0.4, 0.5) is 0 Å². The van der Waals surface area contributed by atoms with Gasteiger partial charge in [-0.3, -0.25) is 4.79 Å². The Balaban J connectivity index is 2.08. The molecular weight excluding hydrogens is 368 g/mol. The van der Waals surface area contributed by atoms with E-state index in [2.05, 4.69) is 5.32 Å². The van der Waals surface area contributed by atoms with Gasteiger partial charge in [0.25, 0.3) is 0 Å². The highest BCUT2D eigenvalue weighted by Gasteiger charge is 2.59. The molecule has 1 aromatic carbocycles. The fourth-order valence-corrected chi connectivity index (χ4v) is 4.28. The van der Waals surface area contributed by atoms with E-state index in [0.717, 1.165) is 12.0 Å². The first-order valence-electron chi connectivity index (χ1n) is 9.07. The third-order valence-electron chi connectivity index (χ3n) is 5.11. The van der Waals surface area contributed by atoms with Crippen molar-refractivity contribution in [1.29, 1.82) is 0 Å². The van der Waals surface area contributed by atoms with Crippen molar-refractivity contribution in [2.45, 2.75) is 32.0 Å². The minimum absolute atomic E-state index is 0.303. The summed E-state index contributed by atoms with van der Waals surface area (Å²) in [6.45, 7) is 5.16. The van der Waals surface area contributed by atoms with Gasteiger partial charge in [-0.1, -0.05) is 12.1 Å². The van der Waals surface area contributed by atoms with Gasteiger partial charge in [-0.25, -0.2) is 0 Å². The normalized spacial score (nSPS) is 25.9. The Kier molecular flexibility index (Phi) is 5.76. The molecule has 3 atom stereocenters. The molecule has 0 aromatic heterocycles. The zero-order chi connectivity index (χ0) is 19.6. The Morgan fingerprint density at radius 2 is 2.19 bits per heavy atom. The van der Waals surface area contributed by atoms with Crippen LogP contribution in [0.3, 0.4) is 0 Å². The molecule has 3 rings (SSSR count). The van der Waals surface area contributed by atoms with Gasteiger partial charge in [-0.05, 0) is 38.6 Å². The van der Waals surface area contributed by atoms with Crippen molar-refractivity contribution in [3.05, 3.63) is 23.8 Å². The van der Waals surface area contributed by atoms with Crippen molar-refractivity contribution >= 4 is 23.3 Å². The summed E-state index contributed by atoms with van der Waals surface area (Å²) in [5, 5.41) is 3.88. The van der Waals surface area contributed by atoms with Gasteiger partial charge in [0.15, 0.2) is 22.3 Å². The van der Waals surface area contributed by atoms with Gasteiger partial charge in [0.1, 0.15) is 5.92 Å². The van der Waals surface area contributed by atoms with Crippen molar-refractivity contribution in [3.8, 4) is 11.5 Å². The summed E-state index contributed by atoms with van der Waals surface area (Å²) in [5.74, 6) is 0.355. The third-order valence-corrected chi connectivity index (χ3v) is 5.45. The molecule has 0 amide bonds. The Morgan fingerprint density at radius 3 is 2.85 bits per heavy atom. The molecule has 1 fully saturated rings. The van der Waals surface area contributed by atoms with Crippen LogP contribution in [0.25, 0.3) is 0 Å². The molecule has 2 aliphatic rings. The molecular formula is C19H26N2O5S. The maximum atomic E-state index is 12.9. The number of benzene rings is 1. The highest BCUT2D eigenvalue weighted by Crippen LogP contribution is 2.51. The molecule has 0 saturated carbocycles. The van der Waals surface area contributed by atoms with E-state index < -0.39 is 11.6 Å². The van der Waals surface area contributed by atoms with Crippen LogP contribution in [0.2, 0.25) is 0 Å². The van der Waals surface area contributed by atoms with E-state index >= 15 is 0 Å². The lowest BCUT2D eigenvalue weighted by atomic mass is 9.79. The van der Waals surface area contributed by atoms with Crippen LogP contribution in [0.15, 0.2) is 18.2 Å². The number of para-hydroxylation sites is 1. The number of carbonyl (C=O) groups excluding carboxylic acids is 1. The number of carbonyl (C=O) groups is 1. The van der Waals surface area contributed by atoms with Crippen molar-refractivity contribution in [2.24, 2.45) is 5.92 Å². The molecule has 8 heteroatoms. The number of esters is 1. The highest BCUT2D eigenvalue weighted by atomic mass is 32.1. The molecule has 2 heterocycles. The minimum atomic E-state index is -0.991. The first-order valence-corrected chi connectivity index (χ1v) is 9.48. The maximum Gasteiger partial charge on any atom is 0.317 e. The van der Waals surface area contributed by atoms with Crippen LogP contribution in [-0.4, -0.2) is 55.7 Å². The maximum absolute atomic E-state index is 12.9. The van der Waals surface area contributed by atoms with E-state index in [0.29, 0.717) is 36.4 Å². The Bertz CT molecular complexity index is 728. The van der Waals surface area contributed by atoms with Crippen LogP contribution >= 0.6 is 12.2 Å². The molecule has 2 aliphatic heterocycles. The summed E-state index contributed by atoms with van der Waals surface area (Å²) in [6, 6.07) is 5.29.